The van der Waals surface area contributed by atoms with Gasteiger partial charge in [-0.1, -0.05) is 54.1 Å². The van der Waals surface area contributed by atoms with Crippen LogP contribution in [0.25, 0.3) is 12.2 Å². The maximum Gasteiger partial charge on any atom is 0.338 e. The van der Waals surface area contributed by atoms with Crippen LogP contribution < -0.4 is 0 Å². The number of carbonyl (C=O) groups excluding carboxylic acids is 1. The van der Waals surface area contributed by atoms with Crippen molar-refractivity contribution in [2.45, 2.75) is 13.8 Å². The quantitative estimate of drug-likeness (QED) is 0.587. The van der Waals surface area contributed by atoms with Crippen LogP contribution in [0.3, 0.4) is 0 Å². The summed E-state index contributed by atoms with van der Waals surface area (Å²) in [6.07, 6.45) is 3.87. The van der Waals surface area contributed by atoms with E-state index in [-0.39, 0.29) is 5.97 Å². The minimum Gasteiger partial charge on any atom is -0.462 e. The molecule has 0 fully saturated rings. The van der Waals surface area contributed by atoms with Crippen LogP contribution in [0.4, 0.5) is 0 Å². The largest absolute Gasteiger partial charge is 0.462 e. The van der Waals surface area contributed by atoms with Crippen LogP contribution in [0.1, 0.15) is 34.0 Å². The summed E-state index contributed by atoms with van der Waals surface area (Å²) in [4.78, 5) is 12.1. The van der Waals surface area contributed by atoms with Gasteiger partial charge in [0, 0.05) is 5.02 Å². The number of esters is 1. The van der Waals surface area contributed by atoms with Crippen molar-refractivity contribution in [1.82, 2.24) is 0 Å². The third-order valence-electron chi connectivity index (χ3n) is 3.11. The summed E-state index contributed by atoms with van der Waals surface area (Å²) in [5.74, 6) is -0.286. The second kappa shape index (κ2) is 7.09. The van der Waals surface area contributed by atoms with Crippen molar-refractivity contribution in [3.63, 3.8) is 0 Å². The van der Waals surface area contributed by atoms with Gasteiger partial charge >= 0.3 is 5.97 Å². The van der Waals surface area contributed by atoms with Gasteiger partial charge < -0.3 is 4.74 Å². The summed E-state index contributed by atoms with van der Waals surface area (Å²) in [6.45, 7) is 4.08. The van der Waals surface area contributed by atoms with E-state index in [1.54, 1.807) is 6.92 Å². The highest BCUT2D eigenvalue weighted by atomic mass is 35.5. The lowest BCUT2D eigenvalue weighted by atomic mass is 10.0. The predicted octanol–water partition coefficient (Wildman–Crippen LogP) is 5.00. The number of hydrogen-bond donors (Lipinski definition) is 0. The van der Waals surface area contributed by atoms with E-state index in [4.69, 9.17) is 16.3 Å². The number of benzene rings is 2. The van der Waals surface area contributed by atoms with Gasteiger partial charge in [0.25, 0.3) is 0 Å². The van der Waals surface area contributed by atoms with Gasteiger partial charge in [-0.05, 0) is 42.7 Å². The topological polar surface area (TPSA) is 26.3 Å². The maximum absolute atomic E-state index is 12.1. The fourth-order valence-electron chi connectivity index (χ4n) is 2.07. The van der Waals surface area contributed by atoms with Gasteiger partial charge in [0.2, 0.25) is 0 Å². The van der Waals surface area contributed by atoms with E-state index in [1.807, 2.05) is 61.5 Å². The van der Waals surface area contributed by atoms with E-state index in [2.05, 4.69) is 0 Å². The Balaban J connectivity index is 2.33. The van der Waals surface area contributed by atoms with Crippen LogP contribution in [0, 0.1) is 6.92 Å². The number of halogens is 1. The molecule has 2 rings (SSSR count). The molecule has 0 amide bonds. The zero-order valence-electron chi connectivity index (χ0n) is 12.1. The van der Waals surface area contributed by atoms with Gasteiger partial charge in [0.15, 0.2) is 0 Å². The lowest BCUT2D eigenvalue weighted by molar-refractivity contribution is 0.0525. The molecule has 21 heavy (non-hydrogen) atoms. The summed E-state index contributed by atoms with van der Waals surface area (Å²) in [7, 11) is 0. The Morgan fingerprint density at radius 2 is 1.86 bits per heavy atom. The molecule has 2 nitrogen and oxygen atoms in total. The molecule has 0 N–H and O–H groups in total. The maximum atomic E-state index is 12.1. The van der Waals surface area contributed by atoms with Crippen LogP contribution in [0.2, 0.25) is 5.02 Å². The highest BCUT2D eigenvalue weighted by Gasteiger charge is 2.13. The van der Waals surface area contributed by atoms with Gasteiger partial charge in [-0.25, -0.2) is 4.79 Å². The fraction of sp³-hybridized carbons (Fsp3) is 0.167. The molecule has 0 spiro atoms. The number of aryl methyl sites for hydroxylation is 1. The molecule has 0 unspecified atom stereocenters. The van der Waals surface area contributed by atoms with Crippen molar-refractivity contribution in [3.05, 3.63) is 69.7 Å². The molecule has 0 atom stereocenters. The molecule has 0 aliphatic heterocycles. The van der Waals surface area contributed by atoms with Crippen molar-refractivity contribution in [2.24, 2.45) is 0 Å². The average Bonchev–Trinajstić information content (AvgIpc) is 2.47. The average molecular weight is 301 g/mol. The summed E-state index contributed by atoms with van der Waals surface area (Å²) in [6, 6.07) is 13.3. The molecule has 0 saturated carbocycles. The third-order valence-corrected chi connectivity index (χ3v) is 3.36. The van der Waals surface area contributed by atoms with E-state index < -0.39 is 0 Å². The fourth-order valence-corrected chi connectivity index (χ4v) is 2.20. The standard InChI is InChI=1S/C18H17ClO2/c1-3-21-18(20)17-13(2)5-4-6-15(17)10-7-14-8-11-16(19)12-9-14/h4-12H,3H2,1-2H3/b10-7+. The van der Waals surface area contributed by atoms with E-state index in [0.717, 1.165) is 16.7 Å². The highest BCUT2D eigenvalue weighted by molar-refractivity contribution is 6.30. The van der Waals surface area contributed by atoms with Gasteiger partial charge in [-0.2, -0.15) is 0 Å². The Morgan fingerprint density at radius 1 is 1.14 bits per heavy atom. The Labute approximate surface area is 130 Å². The Hall–Kier alpha value is -2.06. The number of carbonyl (C=O) groups is 1. The van der Waals surface area contributed by atoms with E-state index in [1.165, 1.54) is 0 Å². The van der Waals surface area contributed by atoms with Crippen molar-refractivity contribution < 1.29 is 9.53 Å². The van der Waals surface area contributed by atoms with Crippen molar-refractivity contribution >= 4 is 29.7 Å². The van der Waals surface area contributed by atoms with Gasteiger partial charge in [-0.3, -0.25) is 0 Å². The second-order valence-electron chi connectivity index (χ2n) is 4.64. The van der Waals surface area contributed by atoms with Crippen molar-refractivity contribution in [1.29, 1.82) is 0 Å². The van der Waals surface area contributed by atoms with E-state index in [0.29, 0.717) is 17.2 Å². The molecular formula is C18H17ClO2. The third kappa shape index (κ3) is 3.96. The molecule has 2 aromatic rings. The van der Waals surface area contributed by atoms with Crippen LogP contribution in [-0.2, 0) is 4.74 Å². The molecule has 108 valence electrons. The molecule has 0 aromatic heterocycles. The summed E-state index contributed by atoms with van der Waals surface area (Å²) in [5.41, 5.74) is 3.40. The number of hydrogen-bond acceptors (Lipinski definition) is 2. The summed E-state index contributed by atoms with van der Waals surface area (Å²) >= 11 is 5.87. The molecule has 0 saturated heterocycles. The van der Waals surface area contributed by atoms with Crippen LogP contribution in [-0.4, -0.2) is 12.6 Å². The molecule has 0 heterocycles. The molecule has 0 aliphatic rings. The molecule has 0 bridgehead atoms. The Bertz CT molecular complexity index is 657. The minimum atomic E-state index is -0.286. The summed E-state index contributed by atoms with van der Waals surface area (Å²) in [5, 5.41) is 0.704. The van der Waals surface area contributed by atoms with Crippen LogP contribution >= 0.6 is 11.6 Å². The van der Waals surface area contributed by atoms with Crippen LogP contribution in [0.5, 0.6) is 0 Å². The molecule has 3 heteroatoms. The predicted molar refractivity (Wildman–Crippen MR) is 87.5 cm³/mol. The minimum absolute atomic E-state index is 0.286. The SMILES string of the molecule is CCOC(=O)c1c(C)cccc1/C=C/c1ccc(Cl)cc1. The second-order valence-corrected chi connectivity index (χ2v) is 5.08. The lowest BCUT2D eigenvalue weighted by Gasteiger charge is -2.08. The van der Waals surface area contributed by atoms with Gasteiger partial charge in [0.1, 0.15) is 0 Å². The Kier molecular flexibility index (Phi) is 5.18. The number of ether oxygens (including phenoxy) is 1. The Morgan fingerprint density at radius 3 is 2.52 bits per heavy atom. The smallest absolute Gasteiger partial charge is 0.338 e. The normalized spacial score (nSPS) is 10.8. The first-order valence-corrected chi connectivity index (χ1v) is 7.20. The van der Waals surface area contributed by atoms with Crippen molar-refractivity contribution in [3.8, 4) is 0 Å². The van der Waals surface area contributed by atoms with E-state index >= 15 is 0 Å². The van der Waals surface area contributed by atoms with Crippen LogP contribution in [0.15, 0.2) is 42.5 Å². The molecule has 2 aromatic carbocycles. The number of rotatable bonds is 4. The molecule has 0 radical (unpaired) electrons. The van der Waals surface area contributed by atoms with Crippen molar-refractivity contribution in [2.75, 3.05) is 6.61 Å². The van der Waals surface area contributed by atoms with Gasteiger partial charge in [-0.15, -0.1) is 0 Å². The van der Waals surface area contributed by atoms with E-state index in [9.17, 15) is 4.79 Å². The first kappa shape index (κ1) is 15.3. The zero-order chi connectivity index (χ0) is 15.2. The summed E-state index contributed by atoms with van der Waals surface area (Å²) < 4.78 is 5.13. The lowest BCUT2D eigenvalue weighted by Crippen LogP contribution is -2.08. The first-order valence-electron chi connectivity index (χ1n) is 6.82. The van der Waals surface area contributed by atoms with Gasteiger partial charge in [0.05, 0.1) is 12.2 Å². The monoisotopic (exact) mass is 300 g/mol. The molecular weight excluding hydrogens is 284 g/mol. The molecule has 0 aliphatic carbocycles. The highest BCUT2D eigenvalue weighted by Crippen LogP contribution is 2.19. The zero-order valence-corrected chi connectivity index (χ0v) is 12.9. The first-order chi connectivity index (χ1) is 10.1.